The van der Waals surface area contributed by atoms with Crippen LogP contribution in [0.1, 0.15) is 24.8 Å². The van der Waals surface area contributed by atoms with E-state index in [0.717, 1.165) is 32.5 Å². The van der Waals surface area contributed by atoms with Gasteiger partial charge in [0.1, 0.15) is 0 Å². The Balaban J connectivity index is 1.55. The maximum absolute atomic E-state index is 12.1. The lowest BCUT2D eigenvalue weighted by Gasteiger charge is -2.16. The minimum Gasteiger partial charge on any atom is -0.384 e. The second kappa shape index (κ2) is 8.80. The van der Waals surface area contributed by atoms with Gasteiger partial charge in [0.2, 0.25) is 5.91 Å². The van der Waals surface area contributed by atoms with Crippen LogP contribution in [0.2, 0.25) is 0 Å². The summed E-state index contributed by atoms with van der Waals surface area (Å²) in [6, 6.07) is 10.1. The van der Waals surface area contributed by atoms with Gasteiger partial charge in [-0.15, -0.1) is 0 Å². The molecule has 1 amide bonds. The predicted molar refractivity (Wildman–Crippen MR) is 81.9 cm³/mol. The number of hydrogen-bond acceptors (Lipinski definition) is 3. The van der Waals surface area contributed by atoms with Gasteiger partial charge >= 0.3 is 0 Å². The van der Waals surface area contributed by atoms with Crippen molar-refractivity contribution in [3.8, 4) is 0 Å². The van der Waals surface area contributed by atoms with E-state index in [9.17, 15) is 4.79 Å². The molecule has 116 valence electrons. The first-order chi connectivity index (χ1) is 10.3. The van der Waals surface area contributed by atoms with Gasteiger partial charge in [-0.1, -0.05) is 30.3 Å². The Labute approximate surface area is 127 Å². The Bertz CT molecular complexity index is 421. The van der Waals surface area contributed by atoms with Gasteiger partial charge in [0.25, 0.3) is 0 Å². The Morgan fingerprint density at radius 1 is 1.33 bits per heavy atom. The summed E-state index contributed by atoms with van der Waals surface area (Å²) in [5.41, 5.74) is 1.17. The average Bonchev–Trinajstić information content (AvgIpc) is 2.97. The first-order valence-corrected chi connectivity index (χ1v) is 7.68. The molecule has 4 heteroatoms. The lowest BCUT2D eigenvalue weighted by molar-refractivity contribution is -0.130. The topological polar surface area (TPSA) is 38.8 Å². The third-order valence-corrected chi connectivity index (χ3v) is 3.83. The molecule has 1 fully saturated rings. The van der Waals surface area contributed by atoms with Crippen LogP contribution in [0.25, 0.3) is 0 Å². The normalized spacial score (nSPS) is 18.1. The van der Waals surface area contributed by atoms with E-state index >= 15 is 0 Å². The van der Waals surface area contributed by atoms with Crippen LogP contribution in [0.4, 0.5) is 0 Å². The summed E-state index contributed by atoms with van der Waals surface area (Å²) in [5, 5.41) is 0. The monoisotopic (exact) mass is 291 g/mol. The Hall–Kier alpha value is -1.39. The molecule has 1 heterocycles. The van der Waals surface area contributed by atoms with Crippen molar-refractivity contribution in [2.45, 2.75) is 25.9 Å². The van der Waals surface area contributed by atoms with Crippen LogP contribution in [0, 0.1) is 5.92 Å². The summed E-state index contributed by atoms with van der Waals surface area (Å²) in [4.78, 5) is 14.0. The Morgan fingerprint density at radius 2 is 2.14 bits per heavy atom. The van der Waals surface area contributed by atoms with E-state index in [1.165, 1.54) is 5.56 Å². The number of amides is 1. The number of methoxy groups -OCH3 is 1. The fourth-order valence-corrected chi connectivity index (χ4v) is 2.68. The fourth-order valence-electron chi connectivity index (χ4n) is 2.68. The number of likely N-dealkylation sites (tertiary alicyclic amines) is 1. The smallest absolute Gasteiger partial charge is 0.222 e. The molecule has 0 aromatic heterocycles. The second-order valence-electron chi connectivity index (χ2n) is 5.59. The van der Waals surface area contributed by atoms with E-state index in [2.05, 4.69) is 0 Å². The molecule has 1 aliphatic heterocycles. The first-order valence-electron chi connectivity index (χ1n) is 7.68. The molecule has 0 spiro atoms. The molecule has 0 N–H and O–H groups in total. The molecule has 1 aromatic carbocycles. The van der Waals surface area contributed by atoms with Crippen molar-refractivity contribution in [2.24, 2.45) is 5.92 Å². The maximum Gasteiger partial charge on any atom is 0.222 e. The number of carbonyl (C=O) groups excluding carboxylic acids is 1. The van der Waals surface area contributed by atoms with Crippen molar-refractivity contribution in [3.63, 3.8) is 0 Å². The molecule has 0 radical (unpaired) electrons. The van der Waals surface area contributed by atoms with Crippen LogP contribution in [0.3, 0.4) is 0 Å². The molecule has 21 heavy (non-hydrogen) atoms. The zero-order chi connectivity index (χ0) is 14.9. The highest BCUT2D eigenvalue weighted by Gasteiger charge is 2.25. The molecule has 0 bridgehead atoms. The van der Waals surface area contributed by atoms with Crippen molar-refractivity contribution in [1.29, 1.82) is 0 Å². The van der Waals surface area contributed by atoms with E-state index in [4.69, 9.17) is 9.47 Å². The van der Waals surface area contributed by atoms with Gasteiger partial charge in [-0.2, -0.15) is 0 Å². The molecule has 1 saturated heterocycles. The van der Waals surface area contributed by atoms with Gasteiger partial charge in [-0.25, -0.2) is 0 Å². The number of benzene rings is 1. The molecule has 1 atom stereocenters. The van der Waals surface area contributed by atoms with Crippen molar-refractivity contribution in [2.75, 3.05) is 33.4 Å². The molecule has 0 unspecified atom stereocenters. The fraction of sp³-hybridized carbons (Fsp3) is 0.588. The molecule has 0 saturated carbocycles. The minimum absolute atomic E-state index is 0.247. The SMILES string of the molecule is COC[C@H]1CCN(C(=O)CCCOCc2ccccc2)C1. The van der Waals surface area contributed by atoms with Gasteiger partial charge < -0.3 is 14.4 Å². The summed E-state index contributed by atoms with van der Waals surface area (Å²) in [6.07, 6.45) is 2.43. The van der Waals surface area contributed by atoms with Crippen LogP contribution < -0.4 is 0 Å². The van der Waals surface area contributed by atoms with E-state index < -0.39 is 0 Å². The minimum atomic E-state index is 0.247. The number of nitrogens with zero attached hydrogens (tertiary/aromatic N) is 1. The number of rotatable bonds is 8. The van der Waals surface area contributed by atoms with Crippen LogP contribution >= 0.6 is 0 Å². The average molecular weight is 291 g/mol. The van der Waals surface area contributed by atoms with Crippen LogP contribution in [-0.4, -0.2) is 44.2 Å². The van der Waals surface area contributed by atoms with Crippen molar-refractivity contribution in [3.05, 3.63) is 35.9 Å². The van der Waals surface area contributed by atoms with E-state index in [-0.39, 0.29) is 5.91 Å². The quantitative estimate of drug-likeness (QED) is 0.691. The molecule has 2 rings (SSSR count). The van der Waals surface area contributed by atoms with Crippen LogP contribution in [-0.2, 0) is 20.9 Å². The Kier molecular flexibility index (Phi) is 6.70. The van der Waals surface area contributed by atoms with Gasteiger partial charge in [0.15, 0.2) is 0 Å². The highest BCUT2D eigenvalue weighted by Crippen LogP contribution is 2.17. The first kappa shape index (κ1) is 16.0. The lowest BCUT2D eigenvalue weighted by Crippen LogP contribution is -2.29. The summed E-state index contributed by atoms with van der Waals surface area (Å²) >= 11 is 0. The van der Waals surface area contributed by atoms with E-state index in [1.54, 1.807) is 7.11 Å². The summed E-state index contributed by atoms with van der Waals surface area (Å²) in [5.74, 6) is 0.755. The van der Waals surface area contributed by atoms with Crippen molar-refractivity contribution < 1.29 is 14.3 Å². The summed E-state index contributed by atoms with van der Waals surface area (Å²) < 4.78 is 10.8. The number of ether oxygens (including phenoxy) is 2. The van der Waals surface area contributed by atoms with Gasteiger partial charge in [-0.05, 0) is 18.4 Å². The largest absolute Gasteiger partial charge is 0.384 e. The van der Waals surface area contributed by atoms with Gasteiger partial charge in [-0.3, -0.25) is 4.79 Å². The van der Waals surface area contributed by atoms with Gasteiger partial charge in [0, 0.05) is 39.1 Å². The molecule has 1 aromatic rings. The highest BCUT2D eigenvalue weighted by atomic mass is 16.5. The number of hydrogen-bond donors (Lipinski definition) is 0. The Morgan fingerprint density at radius 3 is 2.90 bits per heavy atom. The van der Waals surface area contributed by atoms with Gasteiger partial charge in [0.05, 0.1) is 13.2 Å². The molecule has 1 aliphatic rings. The molecular weight excluding hydrogens is 266 g/mol. The second-order valence-corrected chi connectivity index (χ2v) is 5.59. The van der Waals surface area contributed by atoms with E-state index in [1.807, 2.05) is 35.2 Å². The molecule has 4 nitrogen and oxygen atoms in total. The van der Waals surface area contributed by atoms with Crippen molar-refractivity contribution in [1.82, 2.24) is 4.90 Å². The third kappa shape index (κ3) is 5.48. The molecule has 0 aliphatic carbocycles. The zero-order valence-corrected chi connectivity index (χ0v) is 12.8. The summed E-state index contributed by atoms with van der Waals surface area (Å²) in [6.45, 7) is 3.73. The highest BCUT2D eigenvalue weighted by molar-refractivity contribution is 5.76. The lowest BCUT2D eigenvalue weighted by atomic mass is 10.1. The van der Waals surface area contributed by atoms with E-state index in [0.29, 0.717) is 25.6 Å². The maximum atomic E-state index is 12.1. The standard InChI is InChI=1S/C17H25NO3/c1-20-13-16-9-10-18(12-16)17(19)8-5-11-21-14-15-6-3-2-4-7-15/h2-4,6-7,16H,5,8-14H2,1H3/t16-/m0/s1. The number of carbonyl (C=O) groups is 1. The predicted octanol–water partition coefficient (Wildman–Crippen LogP) is 2.48. The zero-order valence-electron chi connectivity index (χ0n) is 12.8. The third-order valence-electron chi connectivity index (χ3n) is 3.83. The van der Waals surface area contributed by atoms with Crippen LogP contribution in [0.5, 0.6) is 0 Å². The molecular formula is C17H25NO3. The van der Waals surface area contributed by atoms with Crippen LogP contribution in [0.15, 0.2) is 30.3 Å². The van der Waals surface area contributed by atoms with Crippen molar-refractivity contribution >= 4 is 5.91 Å². The summed E-state index contributed by atoms with van der Waals surface area (Å²) in [7, 11) is 1.72.